The minimum Gasteiger partial charge on any atom is -0.385 e. The van der Waals surface area contributed by atoms with Crippen molar-refractivity contribution in [2.24, 2.45) is 5.92 Å². The molecule has 0 amide bonds. The van der Waals surface area contributed by atoms with E-state index in [0.29, 0.717) is 0 Å². The molecule has 1 nitrogen and oxygen atoms in total. The smallest absolute Gasteiger partial charge is 0.0862 e. The fourth-order valence-electron chi connectivity index (χ4n) is 0.828. The molecule has 0 aromatic heterocycles. The maximum Gasteiger partial charge on any atom is 0.0862 e. The van der Waals surface area contributed by atoms with E-state index in [0.717, 1.165) is 0 Å². The Bertz CT molecular complexity index is 154. The van der Waals surface area contributed by atoms with E-state index in [1.807, 2.05) is 38.2 Å². The van der Waals surface area contributed by atoms with E-state index in [1.54, 1.807) is 0 Å². The molecule has 1 aliphatic rings. The second kappa shape index (κ2) is 1.99. The lowest BCUT2D eigenvalue weighted by Gasteiger charge is -2.26. The SMILES string of the molecule is CC1C=CC=C[C@@]1(C)O. The Hall–Kier alpha value is -0.560. The zero-order valence-electron chi connectivity index (χ0n) is 5.83. The lowest BCUT2D eigenvalue weighted by atomic mass is 9.87. The first-order valence-corrected chi connectivity index (χ1v) is 3.21. The quantitative estimate of drug-likeness (QED) is 0.519. The highest BCUT2D eigenvalue weighted by atomic mass is 16.3. The van der Waals surface area contributed by atoms with Crippen molar-refractivity contribution in [1.82, 2.24) is 0 Å². The molecule has 1 unspecified atom stereocenters. The van der Waals surface area contributed by atoms with Gasteiger partial charge in [-0.05, 0) is 6.92 Å². The Morgan fingerprint density at radius 2 is 2.11 bits per heavy atom. The molecule has 0 fully saturated rings. The monoisotopic (exact) mass is 124 g/mol. The highest BCUT2D eigenvalue weighted by Gasteiger charge is 2.23. The van der Waals surface area contributed by atoms with Crippen molar-refractivity contribution in [2.45, 2.75) is 19.4 Å². The molecule has 9 heavy (non-hydrogen) atoms. The highest BCUT2D eigenvalue weighted by Crippen LogP contribution is 2.22. The van der Waals surface area contributed by atoms with E-state index in [9.17, 15) is 5.11 Å². The second-order valence-corrected chi connectivity index (χ2v) is 2.76. The van der Waals surface area contributed by atoms with Crippen LogP contribution >= 0.6 is 0 Å². The molecule has 0 spiro atoms. The number of hydrogen-bond acceptors (Lipinski definition) is 1. The van der Waals surface area contributed by atoms with Crippen LogP contribution in [0.1, 0.15) is 13.8 Å². The predicted molar refractivity (Wildman–Crippen MR) is 38.1 cm³/mol. The lowest BCUT2D eigenvalue weighted by Crippen LogP contribution is -2.29. The minimum absolute atomic E-state index is 0.238. The molecule has 1 aliphatic carbocycles. The number of rotatable bonds is 0. The van der Waals surface area contributed by atoms with Gasteiger partial charge in [0.15, 0.2) is 0 Å². The number of hydrogen-bond donors (Lipinski definition) is 1. The van der Waals surface area contributed by atoms with E-state index in [2.05, 4.69) is 0 Å². The van der Waals surface area contributed by atoms with Crippen molar-refractivity contribution >= 4 is 0 Å². The summed E-state index contributed by atoms with van der Waals surface area (Å²) in [6.07, 6.45) is 7.65. The summed E-state index contributed by atoms with van der Waals surface area (Å²) in [7, 11) is 0. The molecule has 0 saturated heterocycles. The van der Waals surface area contributed by atoms with Gasteiger partial charge >= 0.3 is 0 Å². The molecular formula is C8H12O. The third-order valence-electron chi connectivity index (χ3n) is 1.87. The summed E-state index contributed by atoms with van der Waals surface area (Å²) in [6.45, 7) is 3.82. The van der Waals surface area contributed by atoms with Crippen LogP contribution in [-0.2, 0) is 0 Å². The topological polar surface area (TPSA) is 20.2 Å². The van der Waals surface area contributed by atoms with Gasteiger partial charge in [0.05, 0.1) is 5.60 Å². The Balaban J connectivity index is 2.78. The molecule has 0 aromatic rings. The molecule has 1 heteroatoms. The zero-order chi connectivity index (χ0) is 6.91. The molecule has 0 heterocycles. The van der Waals surface area contributed by atoms with Gasteiger partial charge in [-0.25, -0.2) is 0 Å². The van der Waals surface area contributed by atoms with Crippen LogP contribution in [0.5, 0.6) is 0 Å². The summed E-state index contributed by atoms with van der Waals surface area (Å²) in [5.41, 5.74) is -0.630. The van der Waals surface area contributed by atoms with Crippen molar-refractivity contribution in [3.63, 3.8) is 0 Å². The molecule has 0 aromatic carbocycles. The zero-order valence-corrected chi connectivity index (χ0v) is 5.83. The standard InChI is InChI=1S/C8H12O/c1-7-5-3-4-6-8(7,2)9/h3-7,9H,1-2H3/t7?,8-/m1/s1. The van der Waals surface area contributed by atoms with Gasteiger partial charge in [-0.1, -0.05) is 31.2 Å². The molecule has 1 rings (SSSR count). The summed E-state index contributed by atoms with van der Waals surface area (Å²) in [5.74, 6) is 0.238. The van der Waals surface area contributed by atoms with Gasteiger partial charge in [0, 0.05) is 5.92 Å². The summed E-state index contributed by atoms with van der Waals surface area (Å²) in [6, 6.07) is 0. The summed E-state index contributed by atoms with van der Waals surface area (Å²) in [4.78, 5) is 0. The molecule has 50 valence electrons. The highest BCUT2D eigenvalue weighted by molar-refractivity contribution is 5.19. The van der Waals surface area contributed by atoms with E-state index < -0.39 is 5.60 Å². The van der Waals surface area contributed by atoms with Crippen molar-refractivity contribution in [3.8, 4) is 0 Å². The van der Waals surface area contributed by atoms with Gasteiger partial charge in [0.1, 0.15) is 0 Å². The third kappa shape index (κ3) is 1.22. The van der Waals surface area contributed by atoms with Crippen LogP contribution in [0.2, 0.25) is 0 Å². The first kappa shape index (κ1) is 6.56. The second-order valence-electron chi connectivity index (χ2n) is 2.76. The van der Waals surface area contributed by atoms with Crippen LogP contribution < -0.4 is 0 Å². The van der Waals surface area contributed by atoms with Gasteiger partial charge in [0.25, 0.3) is 0 Å². The first-order valence-electron chi connectivity index (χ1n) is 3.21. The Morgan fingerprint density at radius 3 is 2.44 bits per heavy atom. The molecule has 0 radical (unpaired) electrons. The Morgan fingerprint density at radius 1 is 1.44 bits per heavy atom. The predicted octanol–water partition coefficient (Wildman–Crippen LogP) is 1.50. The normalized spacial score (nSPS) is 41.4. The molecular weight excluding hydrogens is 112 g/mol. The van der Waals surface area contributed by atoms with E-state index >= 15 is 0 Å². The van der Waals surface area contributed by atoms with Crippen molar-refractivity contribution in [1.29, 1.82) is 0 Å². The van der Waals surface area contributed by atoms with Crippen molar-refractivity contribution in [3.05, 3.63) is 24.3 Å². The fourth-order valence-corrected chi connectivity index (χ4v) is 0.828. The average Bonchev–Trinajstić information content (AvgIpc) is 1.77. The van der Waals surface area contributed by atoms with Gasteiger partial charge < -0.3 is 5.11 Å². The van der Waals surface area contributed by atoms with Crippen LogP contribution in [-0.4, -0.2) is 10.7 Å². The summed E-state index contributed by atoms with van der Waals surface area (Å²) in [5, 5.41) is 9.50. The first-order chi connectivity index (χ1) is 4.13. The molecule has 0 saturated carbocycles. The van der Waals surface area contributed by atoms with E-state index in [-0.39, 0.29) is 5.92 Å². The van der Waals surface area contributed by atoms with Crippen LogP contribution in [0.25, 0.3) is 0 Å². The van der Waals surface area contributed by atoms with Crippen LogP contribution in [0.4, 0.5) is 0 Å². The maximum atomic E-state index is 9.50. The fraction of sp³-hybridized carbons (Fsp3) is 0.500. The lowest BCUT2D eigenvalue weighted by molar-refractivity contribution is 0.0730. The van der Waals surface area contributed by atoms with Gasteiger partial charge in [-0.3, -0.25) is 0 Å². The van der Waals surface area contributed by atoms with E-state index in [1.165, 1.54) is 0 Å². The minimum atomic E-state index is -0.630. The van der Waals surface area contributed by atoms with Gasteiger partial charge in [0.2, 0.25) is 0 Å². The summed E-state index contributed by atoms with van der Waals surface area (Å²) >= 11 is 0. The van der Waals surface area contributed by atoms with Crippen molar-refractivity contribution < 1.29 is 5.11 Å². The Labute approximate surface area is 55.7 Å². The number of aliphatic hydroxyl groups is 1. The van der Waals surface area contributed by atoms with Crippen molar-refractivity contribution in [2.75, 3.05) is 0 Å². The van der Waals surface area contributed by atoms with Gasteiger partial charge in [-0.2, -0.15) is 0 Å². The largest absolute Gasteiger partial charge is 0.385 e. The number of allylic oxidation sites excluding steroid dienone is 2. The average molecular weight is 124 g/mol. The molecule has 0 aliphatic heterocycles. The summed E-state index contributed by atoms with van der Waals surface area (Å²) < 4.78 is 0. The molecule has 2 atom stereocenters. The van der Waals surface area contributed by atoms with Crippen LogP contribution in [0, 0.1) is 5.92 Å². The molecule has 1 N–H and O–H groups in total. The molecule has 0 bridgehead atoms. The van der Waals surface area contributed by atoms with Gasteiger partial charge in [-0.15, -0.1) is 0 Å². The van der Waals surface area contributed by atoms with Crippen LogP contribution in [0.3, 0.4) is 0 Å². The third-order valence-corrected chi connectivity index (χ3v) is 1.87. The van der Waals surface area contributed by atoms with E-state index in [4.69, 9.17) is 0 Å². The Kier molecular flexibility index (Phi) is 1.45. The van der Waals surface area contributed by atoms with Crippen LogP contribution in [0.15, 0.2) is 24.3 Å². The maximum absolute atomic E-state index is 9.50.